The second-order valence-electron chi connectivity index (χ2n) is 6.06. The number of aromatic nitrogens is 1. The summed E-state index contributed by atoms with van der Waals surface area (Å²) < 4.78 is 11.7. The fraction of sp³-hybridized carbons (Fsp3) is 0.182. The van der Waals surface area contributed by atoms with Crippen molar-refractivity contribution in [2.24, 2.45) is 0 Å². The van der Waals surface area contributed by atoms with Crippen LogP contribution in [0.15, 0.2) is 71.7 Å². The van der Waals surface area contributed by atoms with Crippen molar-refractivity contribution >= 4 is 11.6 Å². The molecule has 1 N–H and O–H groups in total. The minimum absolute atomic E-state index is 0.0338. The number of hydrogen-bond donors (Lipinski definition) is 1. The molecule has 0 radical (unpaired) electrons. The lowest BCUT2D eigenvalue weighted by Gasteiger charge is -2.12. The normalized spacial score (nSPS) is 10.3. The molecule has 1 amide bonds. The van der Waals surface area contributed by atoms with Crippen LogP contribution < -0.4 is 25.2 Å². The summed E-state index contributed by atoms with van der Waals surface area (Å²) in [5.41, 5.74) is 0.771. The van der Waals surface area contributed by atoms with Crippen molar-refractivity contribution in [3.05, 3.63) is 88.3 Å². The van der Waals surface area contributed by atoms with E-state index in [1.54, 1.807) is 43.5 Å². The molecule has 0 aliphatic carbocycles. The van der Waals surface area contributed by atoms with E-state index in [4.69, 9.17) is 14.3 Å². The number of amides is 1. The fourth-order valence-electron chi connectivity index (χ4n) is 2.66. The maximum Gasteiger partial charge on any atom is 0.295 e. The van der Waals surface area contributed by atoms with E-state index >= 15 is 0 Å². The quantitative estimate of drug-likeness (QED) is 0.635. The number of pyridine rings is 1. The van der Waals surface area contributed by atoms with E-state index < -0.39 is 11.5 Å². The summed E-state index contributed by atoms with van der Waals surface area (Å²) in [6, 6.07) is 17.4. The summed E-state index contributed by atoms with van der Waals surface area (Å²) in [6.45, 7) is 2.49. The maximum absolute atomic E-state index is 12.7. The number of nitrogens with zero attached hydrogens (tertiary/aromatic N) is 1. The summed E-state index contributed by atoms with van der Waals surface area (Å²) in [5, 5.41) is 2.72. The maximum atomic E-state index is 12.7. The molecule has 1 heterocycles. The van der Waals surface area contributed by atoms with Crippen molar-refractivity contribution in [1.82, 2.24) is 4.73 Å². The molecule has 0 aliphatic rings. The summed E-state index contributed by atoms with van der Waals surface area (Å²) in [7, 11) is 1.59. The second-order valence-corrected chi connectivity index (χ2v) is 6.06. The van der Waals surface area contributed by atoms with Gasteiger partial charge in [-0.1, -0.05) is 24.3 Å². The number of carbonyl (C=O) groups is 1. The van der Waals surface area contributed by atoms with Gasteiger partial charge in [-0.25, -0.2) is 0 Å². The van der Waals surface area contributed by atoms with Gasteiger partial charge in [0.15, 0.2) is 0 Å². The van der Waals surface area contributed by atoms with E-state index in [1.807, 2.05) is 25.1 Å². The fourth-order valence-corrected chi connectivity index (χ4v) is 2.66. The zero-order valence-corrected chi connectivity index (χ0v) is 16.3. The highest BCUT2D eigenvalue weighted by atomic mass is 16.7. The highest BCUT2D eigenvalue weighted by molar-refractivity contribution is 6.04. The van der Waals surface area contributed by atoms with Crippen LogP contribution in [-0.4, -0.2) is 24.4 Å². The molecule has 0 bridgehead atoms. The summed E-state index contributed by atoms with van der Waals surface area (Å²) in [5.74, 6) is 0.733. The van der Waals surface area contributed by atoms with Crippen molar-refractivity contribution in [3.8, 4) is 11.5 Å². The Balaban J connectivity index is 1.74. The SMILES string of the molecule is CCOc1ccccc1NC(=O)c1cccn(OCc2ccc(OC)cc2)c1=O. The standard InChI is InChI=1S/C22H22N2O5/c1-3-28-20-9-5-4-8-19(20)23-21(25)18-7-6-14-24(22(18)26)29-15-16-10-12-17(27-2)13-11-16/h4-14H,3,15H2,1-2H3,(H,23,25). The predicted molar refractivity (Wildman–Crippen MR) is 110 cm³/mol. The van der Waals surface area contributed by atoms with Gasteiger partial charge >= 0.3 is 0 Å². The number of anilines is 1. The minimum atomic E-state index is -0.549. The Labute approximate surface area is 168 Å². The molecule has 0 saturated carbocycles. The molecule has 29 heavy (non-hydrogen) atoms. The molecule has 7 heteroatoms. The lowest BCUT2D eigenvalue weighted by atomic mass is 10.2. The zero-order valence-electron chi connectivity index (χ0n) is 16.3. The average molecular weight is 394 g/mol. The first kappa shape index (κ1) is 20.0. The summed E-state index contributed by atoms with van der Waals surface area (Å²) in [4.78, 5) is 30.9. The molecule has 1 aromatic heterocycles. The third kappa shape index (κ3) is 4.95. The van der Waals surface area contributed by atoms with Crippen molar-refractivity contribution in [3.63, 3.8) is 0 Å². The van der Waals surface area contributed by atoms with Crippen molar-refractivity contribution in [2.45, 2.75) is 13.5 Å². The van der Waals surface area contributed by atoms with Crippen molar-refractivity contribution < 1.29 is 19.1 Å². The van der Waals surface area contributed by atoms with Crippen LogP contribution in [0.3, 0.4) is 0 Å². The first-order chi connectivity index (χ1) is 14.1. The molecule has 0 spiro atoms. The van der Waals surface area contributed by atoms with Gasteiger partial charge in [-0.05, 0) is 48.9 Å². The molecule has 3 aromatic rings. The summed E-state index contributed by atoms with van der Waals surface area (Å²) in [6.07, 6.45) is 1.47. The number of para-hydroxylation sites is 2. The van der Waals surface area contributed by atoms with Crippen molar-refractivity contribution in [2.75, 3.05) is 19.0 Å². The Morgan fingerprint density at radius 1 is 1.03 bits per heavy atom. The monoisotopic (exact) mass is 394 g/mol. The highest BCUT2D eigenvalue weighted by Crippen LogP contribution is 2.24. The number of hydrogen-bond acceptors (Lipinski definition) is 5. The molecule has 3 rings (SSSR count). The second kappa shape index (κ2) is 9.45. The molecular formula is C22H22N2O5. The molecule has 0 aliphatic heterocycles. The van der Waals surface area contributed by atoms with Crippen LogP contribution in [0, 0.1) is 0 Å². The van der Waals surface area contributed by atoms with Crippen LogP contribution in [-0.2, 0) is 6.61 Å². The van der Waals surface area contributed by atoms with E-state index in [2.05, 4.69) is 5.32 Å². The van der Waals surface area contributed by atoms with E-state index in [9.17, 15) is 9.59 Å². The molecule has 150 valence electrons. The lowest BCUT2D eigenvalue weighted by Crippen LogP contribution is -2.32. The van der Waals surface area contributed by atoms with Gasteiger partial charge in [-0.2, -0.15) is 4.73 Å². The van der Waals surface area contributed by atoms with Crippen molar-refractivity contribution in [1.29, 1.82) is 0 Å². The van der Waals surface area contributed by atoms with Gasteiger partial charge in [0.2, 0.25) is 0 Å². The number of benzene rings is 2. The van der Waals surface area contributed by atoms with Gasteiger partial charge < -0.3 is 19.6 Å². The van der Waals surface area contributed by atoms with E-state index in [0.717, 1.165) is 16.0 Å². The Morgan fingerprint density at radius 3 is 2.52 bits per heavy atom. The largest absolute Gasteiger partial charge is 0.497 e. The molecular weight excluding hydrogens is 372 g/mol. The van der Waals surface area contributed by atoms with Gasteiger partial charge in [0.05, 0.1) is 19.4 Å². The Bertz CT molecular complexity index is 1030. The van der Waals surface area contributed by atoms with Gasteiger partial charge in [0.25, 0.3) is 11.5 Å². The molecule has 0 unspecified atom stereocenters. The van der Waals surface area contributed by atoms with Crippen LogP contribution in [0.5, 0.6) is 11.5 Å². The lowest BCUT2D eigenvalue weighted by molar-refractivity contribution is 0.0863. The predicted octanol–water partition coefficient (Wildman–Crippen LogP) is 3.14. The minimum Gasteiger partial charge on any atom is -0.497 e. The Kier molecular flexibility index (Phi) is 6.52. The summed E-state index contributed by atoms with van der Waals surface area (Å²) >= 11 is 0. The van der Waals surface area contributed by atoms with Crippen LogP contribution in [0.4, 0.5) is 5.69 Å². The zero-order chi connectivity index (χ0) is 20.6. The first-order valence-corrected chi connectivity index (χ1v) is 9.13. The molecule has 2 aromatic carbocycles. The first-order valence-electron chi connectivity index (χ1n) is 9.13. The van der Waals surface area contributed by atoms with Crippen LogP contribution in [0.25, 0.3) is 0 Å². The van der Waals surface area contributed by atoms with Gasteiger partial charge in [0, 0.05) is 6.20 Å². The Morgan fingerprint density at radius 2 is 1.79 bits per heavy atom. The smallest absolute Gasteiger partial charge is 0.295 e. The van der Waals surface area contributed by atoms with Crippen LogP contribution in [0.1, 0.15) is 22.8 Å². The Hall–Kier alpha value is -3.74. The molecule has 7 nitrogen and oxygen atoms in total. The molecule has 0 atom stereocenters. The van der Waals surface area contributed by atoms with Gasteiger partial charge in [-0.3, -0.25) is 9.59 Å². The topological polar surface area (TPSA) is 78.8 Å². The van der Waals surface area contributed by atoms with Crippen LogP contribution >= 0.6 is 0 Å². The number of nitrogens with one attached hydrogen (secondary N) is 1. The molecule has 0 saturated heterocycles. The van der Waals surface area contributed by atoms with Crippen LogP contribution in [0.2, 0.25) is 0 Å². The van der Waals surface area contributed by atoms with E-state index in [-0.39, 0.29) is 12.2 Å². The molecule has 0 fully saturated rings. The number of methoxy groups -OCH3 is 1. The van der Waals surface area contributed by atoms with E-state index in [1.165, 1.54) is 12.3 Å². The van der Waals surface area contributed by atoms with E-state index in [0.29, 0.717) is 18.0 Å². The third-order valence-electron chi connectivity index (χ3n) is 4.12. The number of rotatable bonds is 8. The average Bonchev–Trinajstić information content (AvgIpc) is 2.75. The number of ether oxygens (including phenoxy) is 2. The van der Waals surface area contributed by atoms with Gasteiger partial charge in [0.1, 0.15) is 23.7 Å². The van der Waals surface area contributed by atoms with Gasteiger partial charge in [-0.15, -0.1) is 0 Å². The number of carbonyl (C=O) groups excluding carboxylic acids is 1. The third-order valence-corrected chi connectivity index (χ3v) is 4.12. The highest BCUT2D eigenvalue weighted by Gasteiger charge is 2.15.